The molecule has 0 spiro atoms. The molecular formula is C67H106O14. The standard InChI is InChI=1S/C67H106O14/c1-3-5-7-9-11-13-15-17-19-21-23-25-27-29-31-33-35-37-39-41-43-45-47-49-51-76-53-56(54-77-66-65(75)63(73)61(71)58(81-66)55-78-67-64(74)62(72)60(70)57(52-68)80-67)79-59(69)50-48-46-44-42-40-38-36-34-32-30-28-26-24-22-20-18-16-14-12-10-8-6-4-2/h5-8,11-14,17-20,23-26,29-32,36,38,42,44,56-58,60-68,70-75H,3-4,9-10,15-16,21-22,27-28,33-35,37,39-41,43,45-55H2,1-2H3/b7-5-,8-6-,13-11-,14-12-,19-17-,20-18-,25-23-,26-24-,31-29-,32-30-,38-36-,44-42-. The molecule has 2 aliphatic rings. The minimum Gasteiger partial charge on any atom is -0.457 e. The number of esters is 1. The van der Waals surface area contributed by atoms with Crippen LogP contribution >= 0.6 is 0 Å². The number of allylic oxidation sites excluding steroid dienone is 24. The predicted octanol–water partition coefficient (Wildman–Crippen LogP) is 11.6. The maximum Gasteiger partial charge on any atom is 0.306 e. The van der Waals surface area contributed by atoms with Crippen LogP contribution in [-0.2, 0) is 33.2 Å². The van der Waals surface area contributed by atoms with Gasteiger partial charge in [0.2, 0.25) is 0 Å². The Kier molecular flexibility index (Phi) is 46.4. The summed E-state index contributed by atoms with van der Waals surface area (Å²) >= 11 is 0. The molecule has 2 heterocycles. The first-order chi connectivity index (χ1) is 39.6. The quantitative estimate of drug-likeness (QED) is 0.0172. The summed E-state index contributed by atoms with van der Waals surface area (Å²) < 4.78 is 34.3. The van der Waals surface area contributed by atoms with Crippen LogP contribution in [0.15, 0.2) is 146 Å². The molecule has 11 atom stereocenters. The first kappa shape index (κ1) is 73.0. The summed E-state index contributed by atoms with van der Waals surface area (Å²) in [7, 11) is 0. The van der Waals surface area contributed by atoms with Crippen molar-refractivity contribution in [1.29, 1.82) is 0 Å². The van der Waals surface area contributed by atoms with Gasteiger partial charge >= 0.3 is 5.97 Å². The Bertz CT molecular complexity index is 1890. The van der Waals surface area contributed by atoms with E-state index in [0.717, 1.165) is 109 Å². The molecule has 0 aromatic rings. The smallest absolute Gasteiger partial charge is 0.306 e. The molecule has 2 rings (SSSR count). The summed E-state index contributed by atoms with van der Waals surface area (Å²) in [6.07, 6.45) is 59.1. The Hall–Kier alpha value is -4.13. The van der Waals surface area contributed by atoms with Gasteiger partial charge in [0.15, 0.2) is 12.6 Å². The molecule has 2 saturated heterocycles. The molecule has 14 heteroatoms. The largest absolute Gasteiger partial charge is 0.457 e. The van der Waals surface area contributed by atoms with Gasteiger partial charge in [-0.05, 0) is 109 Å². The number of carbonyl (C=O) groups is 1. The van der Waals surface area contributed by atoms with Gasteiger partial charge in [-0.3, -0.25) is 4.79 Å². The summed E-state index contributed by atoms with van der Waals surface area (Å²) in [4.78, 5) is 13.1. The highest BCUT2D eigenvalue weighted by molar-refractivity contribution is 5.69. The van der Waals surface area contributed by atoms with E-state index in [0.29, 0.717) is 19.4 Å². The lowest BCUT2D eigenvalue weighted by Gasteiger charge is -2.42. The van der Waals surface area contributed by atoms with Crippen LogP contribution in [0.1, 0.15) is 168 Å². The van der Waals surface area contributed by atoms with Gasteiger partial charge in [0.1, 0.15) is 54.9 Å². The van der Waals surface area contributed by atoms with Gasteiger partial charge < -0.3 is 64.2 Å². The number of carbonyl (C=O) groups excluding carboxylic acids is 1. The van der Waals surface area contributed by atoms with Crippen LogP contribution < -0.4 is 0 Å². The van der Waals surface area contributed by atoms with Crippen molar-refractivity contribution in [3.05, 3.63) is 146 Å². The number of aliphatic hydroxyl groups excluding tert-OH is 7. The van der Waals surface area contributed by atoms with Crippen LogP contribution in [0.25, 0.3) is 0 Å². The summed E-state index contributed by atoms with van der Waals surface area (Å²) in [5.74, 6) is -0.443. The molecule has 0 amide bonds. The molecule has 81 heavy (non-hydrogen) atoms. The molecule has 0 aromatic carbocycles. The van der Waals surface area contributed by atoms with Crippen molar-refractivity contribution in [2.24, 2.45) is 0 Å². The third-order valence-electron chi connectivity index (χ3n) is 13.3. The van der Waals surface area contributed by atoms with Crippen LogP contribution in [0.5, 0.6) is 0 Å². The lowest BCUT2D eigenvalue weighted by molar-refractivity contribution is -0.332. The van der Waals surface area contributed by atoms with E-state index in [2.05, 4.69) is 154 Å². The highest BCUT2D eigenvalue weighted by Crippen LogP contribution is 2.26. The van der Waals surface area contributed by atoms with E-state index >= 15 is 0 Å². The van der Waals surface area contributed by atoms with Crippen molar-refractivity contribution >= 4 is 5.97 Å². The van der Waals surface area contributed by atoms with Crippen molar-refractivity contribution in [2.45, 2.75) is 235 Å². The monoisotopic (exact) mass is 1130 g/mol. The number of rotatable bonds is 47. The summed E-state index contributed by atoms with van der Waals surface area (Å²) in [6.45, 7) is 3.33. The second-order valence-electron chi connectivity index (χ2n) is 20.4. The second kappa shape index (κ2) is 51.5. The van der Waals surface area contributed by atoms with E-state index in [-0.39, 0.29) is 19.6 Å². The van der Waals surface area contributed by atoms with E-state index in [9.17, 15) is 40.5 Å². The molecule has 2 aliphatic heterocycles. The lowest BCUT2D eigenvalue weighted by atomic mass is 9.98. The van der Waals surface area contributed by atoms with Gasteiger partial charge in [0, 0.05) is 13.0 Å². The molecule has 458 valence electrons. The van der Waals surface area contributed by atoms with E-state index in [1.54, 1.807) is 0 Å². The lowest BCUT2D eigenvalue weighted by Crippen LogP contribution is -2.61. The molecule has 7 N–H and O–H groups in total. The van der Waals surface area contributed by atoms with E-state index < -0.39 is 86.7 Å². The fourth-order valence-corrected chi connectivity index (χ4v) is 8.54. The fourth-order valence-electron chi connectivity index (χ4n) is 8.54. The second-order valence-corrected chi connectivity index (χ2v) is 20.4. The molecule has 11 unspecified atom stereocenters. The highest BCUT2D eigenvalue weighted by atomic mass is 16.7. The van der Waals surface area contributed by atoms with Crippen LogP contribution in [0.3, 0.4) is 0 Å². The third kappa shape index (κ3) is 37.6. The van der Waals surface area contributed by atoms with E-state index in [4.69, 9.17) is 28.4 Å². The zero-order chi connectivity index (χ0) is 58.6. The third-order valence-corrected chi connectivity index (χ3v) is 13.3. The zero-order valence-electron chi connectivity index (χ0n) is 49.2. The average Bonchev–Trinajstić information content (AvgIpc) is 3.46. The van der Waals surface area contributed by atoms with Gasteiger partial charge in [0.25, 0.3) is 0 Å². The van der Waals surface area contributed by atoms with Crippen LogP contribution in [0.4, 0.5) is 0 Å². The Balaban J connectivity index is 1.74. The summed E-state index contributed by atoms with van der Waals surface area (Å²) in [6, 6.07) is 0. The van der Waals surface area contributed by atoms with Crippen molar-refractivity contribution < 1.29 is 69.0 Å². The van der Waals surface area contributed by atoms with E-state index in [1.165, 1.54) is 25.7 Å². The van der Waals surface area contributed by atoms with Crippen molar-refractivity contribution in [3.8, 4) is 0 Å². The molecule has 0 bridgehead atoms. The molecule has 14 nitrogen and oxygen atoms in total. The number of ether oxygens (including phenoxy) is 6. The SMILES string of the molecule is CC/C=C\C/C=C\C/C=C\C/C=C\C/C=C\C/C=C\C/C=C\CCCC(=O)OC(COCCCCCCCCCC/C=C\C/C=C\C/C=C\C/C=C\C/C=C\CC)COC1OC(COC2OC(CO)C(O)C(O)C2O)C(O)C(O)C1O. The maximum absolute atomic E-state index is 13.1. The number of aliphatic hydroxyl groups is 7. The Morgan fingerprint density at radius 2 is 0.765 bits per heavy atom. The molecule has 0 saturated carbocycles. The topological polar surface area (TPSA) is 214 Å². The molecule has 0 aromatic heterocycles. The highest BCUT2D eigenvalue weighted by Gasteiger charge is 2.47. The first-order valence-electron chi connectivity index (χ1n) is 30.4. The number of hydrogen-bond donors (Lipinski definition) is 7. The van der Waals surface area contributed by atoms with Gasteiger partial charge in [-0.25, -0.2) is 0 Å². The van der Waals surface area contributed by atoms with Gasteiger partial charge in [0.05, 0.1) is 26.4 Å². The summed E-state index contributed by atoms with van der Waals surface area (Å²) in [5.41, 5.74) is 0. The minimum absolute atomic E-state index is 0.0210. The van der Waals surface area contributed by atoms with Crippen LogP contribution in [0.2, 0.25) is 0 Å². The minimum atomic E-state index is -1.73. The van der Waals surface area contributed by atoms with Gasteiger partial charge in [-0.2, -0.15) is 0 Å². The van der Waals surface area contributed by atoms with Crippen molar-refractivity contribution in [2.75, 3.05) is 33.0 Å². The van der Waals surface area contributed by atoms with Gasteiger partial charge in [-0.1, -0.05) is 198 Å². The average molecular weight is 1140 g/mol. The fraction of sp³-hybridized carbons (Fsp3) is 0.627. The molecule has 0 aliphatic carbocycles. The van der Waals surface area contributed by atoms with Crippen molar-refractivity contribution in [3.63, 3.8) is 0 Å². The first-order valence-corrected chi connectivity index (χ1v) is 30.4. The van der Waals surface area contributed by atoms with Crippen molar-refractivity contribution in [1.82, 2.24) is 0 Å². The molecular weight excluding hydrogens is 1030 g/mol. The Morgan fingerprint density at radius 3 is 1.20 bits per heavy atom. The number of unbranched alkanes of at least 4 members (excludes halogenated alkanes) is 9. The Labute approximate surface area is 487 Å². The molecule has 2 fully saturated rings. The van der Waals surface area contributed by atoms with E-state index in [1.807, 2.05) is 6.08 Å². The maximum atomic E-state index is 13.1. The van der Waals surface area contributed by atoms with Crippen LogP contribution in [-0.4, -0.2) is 142 Å². The normalized spacial score (nSPS) is 24.8. The Morgan fingerprint density at radius 1 is 0.407 bits per heavy atom. The zero-order valence-corrected chi connectivity index (χ0v) is 49.2. The molecule has 0 radical (unpaired) electrons. The summed E-state index contributed by atoms with van der Waals surface area (Å²) in [5, 5.41) is 72.4. The predicted molar refractivity (Wildman–Crippen MR) is 325 cm³/mol. The van der Waals surface area contributed by atoms with Crippen LogP contribution in [0, 0.1) is 0 Å². The number of hydrogen-bond acceptors (Lipinski definition) is 14. The van der Waals surface area contributed by atoms with Gasteiger partial charge in [-0.15, -0.1) is 0 Å².